The van der Waals surface area contributed by atoms with Crippen molar-refractivity contribution in [2.45, 2.75) is 12.3 Å². The number of hydrogen-bond donors (Lipinski definition) is 2. The van der Waals surface area contributed by atoms with Crippen molar-refractivity contribution in [2.75, 3.05) is 0 Å². The van der Waals surface area contributed by atoms with E-state index in [2.05, 4.69) is 180 Å². The van der Waals surface area contributed by atoms with E-state index in [-0.39, 0.29) is 12.3 Å². The summed E-state index contributed by atoms with van der Waals surface area (Å²) in [4.78, 5) is 5.16. The average molecular weight is 616 g/mol. The summed E-state index contributed by atoms with van der Waals surface area (Å²) in [6, 6.07) is 63.0. The van der Waals surface area contributed by atoms with Crippen LogP contribution in [0.1, 0.15) is 29.0 Å². The maximum absolute atomic E-state index is 5.16. The zero-order chi connectivity index (χ0) is 31.9. The van der Waals surface area contributed by atoms with Crippen LogP contribution in [0.5, 0.6) is 0 Å². The van der Waals surface area contributed by atoms with Gasteiger partial charge in [0.2, 0.25) is 0 Å². The molecule has 0 aliphatic carbocycles. The van der Waals surface area contributed by atoms with Gasteiger partial charge in [0.05, 0.1) is 0 Å². The Hall–Kier alpha value is -6.03. The number of rotatable bonds is 5. The second-order valence-electron chi connectivity index (χ2n) is 12.4. The van der Waals surface area contributed by atoms with Gasteiger partial charge in [-0.2, -0.15) is 0 Å². The molecule has 228 valence electrons. The quantitative estimate of drug-likeness (QED) is 0.189. The molecule has 0 amide bonds. The molecule has 9 rings (SSSR count). The topological polar surface area (TPSA) is 36.4 Å². The minimum atomic E-state index is -0.164. The van der Waals surface area contributed by atoms with Crippen LogP contribution in [0.25, 0.3) is 54.6 Å². The van der Waals surface area contributed by atoms with Crippen molar-refractivity contribution >= 4 is 38.2 Å². The van der Waals surface area contributed by atoms with Crippen LogP contribution in [0.15, 0.2) is 181 Å². The summed E-state index contributed by atoms with van der Waals surface area (Å²) in [5.41, 5.74) is 8.32. The minimum absolute atomic E-state index is 0.0703. The Balaban J connectivity index is 1.16. The monoisotopic (exact) mass is 615 g/mol. The Morgan fingerprint density at radius 1 is 0.396 bits per heavy atom. The van der Waals surface area contributed by atoms with Gasteiger partial charge in [-0.05, 0) is 71.8 Å². The maximum atomic E-state index is 5.16. The van der Waals surface area contributed by atoms with Crippen molar-refractivity contribution in [3.8, 4) is 22.3 Å². The van der Waals surface area contributed by atoms with Gasteiger partial charge < -0.3 is 5.32 Å². The number of nitrogens with one attached hydrogen (secondary N) is 2. The van der Waals surface area contributed by atoms with Crippen molar-refractivity contribution in [3.63, 3.8) is 0 Å². The molecule has 0 bridgehead atoms. The Morgan fingerprint density at radius 2 is 0.875 bits per heavy atom. The standard InChI is InChI=1S/C45H33N3/c1-3-14-32(15-4-1)43-46-44(33-16-5-2-6-17-33)48-45(47-43)34-26-24-31(25-27-34)41-37-19-9-11-21-39(37)42(40-22-12-10-20-38(40)41)36-28-23-30-13-7-8-18-35(30)29-36/h1-29,43-44,46H,(H,47,48). The Kier molecular flexibility index (Phi) is 7.03. The van der Waals surface area contributed by atoms with Crippen LogP contribution in [0.3, 0.4) is 0 Å². The Bertz CT molecular complexity index is 2390. The lowest BCUT2D eigenvalue weighted by molar-refractivity contribution is 0.409. The molecule has 48 heavy (non-hydrogen) atoms. The molecular weight excluding hydrogens is 583 g/mol. The van der Waals surface area contributed by atoms with Gasteiger partial charge in [-0.15, -0.1) is 0 Å². The molecule has 0 fully saturated rings. The van der Waals surface area contributed by atoms with Gasteiger partial charge in [0, 0.05) is 5.56 Å². The lowest BCUT2D eigenvalue weighted by Gasteiger charge is -2.32. The van der Waals surface area contributed by atoms with Crippen LogP contribution in [0.2, 0.25) is 0 Å². The second kappa shape index (κ2) is 12.0. The predicted molar refractivity (Wildman–Crippen MR) is 201 cm³/mol. The predicted octanol–water partition coefficient (Wildman–Crippen LogP) is 10.8. The Morgan fingerprint density at radius 3 is 1.50 bits per heavy atom. The fourth-order valence-electron chi connectivity index (χ4n) is 7.22. The van der Waals surface area contributed by atoms with Crippen LogP contribution < -0.4 is 10.6 Å². The molecule has 1 aliphatic rings. The molecule has 2 N–H and O–H groups in total. The molecule has 3 nitrogen and oxygen atoms in total. The first-order valence-corrected chi connectivity index (χ1v) is 16.5. The van der Waals surface area contributed by atoms with E-state index in [1.165, 1.54) is 60.1 Å². The minimum Gasteiger partial charge on any atom is -0.350 e. The first-order valence-electron chi connectivity index (χ1n) is 16.5. The summed E-state index contributed by atoms with van der Waals surface area (Å²) < 4.78 is 0. The van der Waals surface area contributed by atoms with Gasteiger partial charge in [-0.25, -0.2) is 4.99 Å². The summed E-state index contributed by atoms with van der Waals surface area (Å²) in [5, 5.41) is 14.9. The number of amidine groups is 1. The molecule has 8 aromatic carbocycles. The molecule has 0 radical (unpaired) electrons. The van der Waals surface area contributed by atoms with Gasteiger partial charge in [0.25, 0.3) is 0 Å². The maximum Gasteiger partial charge on any atom is 0.131 e. The zero-order valence-electron chi connectivity index (χ0n) is 26.3. The van der Waals surface area contributed by atoms with E-state index >= 15 is 0 Å². The fraction of sp³-hybridized carbons (Fsp3) is 0.0444. The lowest BCUT2D eigenvalue weighted by atomic mass is 9.85. The van der Waals surface area contributed by atoms with E-state index in [1.807, 2.05) is 6.07 Å². The van der Waals surface area contributed by atoms with Crippen molar-refractivity contribution in [3.05, 3.63) is 193 Å². The Labute approximate surface area is 280 Å². The highest BCUT2D eigenvalue weighted by molar-refractivity contribution is 6.21. The van der Waals surface area contributed by atoms with E-state index in [0.717, 1.165) is 17.0 Å². The van der Waals surface area contributed by atoms with Crippen LogP contribution in [-0.2, 0) is 0 Å². The summed E-state index contributed by atoms with van der Waals surface area (Å²) >= 11 is 0. The third-order valence-electron chi connectivity index (χ3n) is 9.53. The third kappa shape index (κ3) is 5.02. The molecule has 2 atom stereocenters. The van der Waals surface area contributed by atoms with E-state index in [9.17, 15) is 0 Å². The van der Waals surface area contributed by atoms with Crippen LogP contribution in [0, 0.1) is 0 Å². The van der Waals surface area contributed by atoms with Crippen molar-refractivity contribution in [2.24, 2.45) is 4.99 Å². The summed E-state index contributed by atoms with van der Waals surface area (Å²) in [6.07, 6.45) is -0.234. The van der Waals surface area contributed by atoms with Crippen molar-refractivity contribution < 1.29 is 0 Å². The van der Waals surface area contributed by atoms with Crippen LogP contribution in [-0.4, -0.2) is 5.84 Å². The van der Waals surface area contributed by atoms with Crippen molar-refractivity contribution in [1.29, 1.82) is 0 Å². The van der Waals surface area contributed by atoms with E-state index in [0.29, 0.717) is 0 Å². The third-order valence-corrected chi connectivity index (χ3v) is 9.53. The number of hydrogen-bond acceptors (Lipinski definition) is 3. The highest BCUT2D eigenvalue weighted by atomic mass is 15.3. The van der Waals surface area contributed by atoms with Crippen molar-refractivity contribution in [1.82, 2.24) is 10.6 Å². The lowest BCUT2D eigenvalue weighted by Crippen LogP contribution is -2.44. The van der Waals surface area contributed by atoms with Crippen LogP contribution in [0.4, 0.5) is 0 Å². The molecule has 3 heteroatoms. The smallest absolute Gasteiger partial charge is 0.131 e. The second-order valence-corrected chi connectivity index (χ2v) is 12.4. The zero-order valence-corrected chi connectivity index (χ0v) is 26.3. The number of nitrogens with zero attached hydrogens (tertiary/aromatic N) is 1. The molecule has 0 spiro atoms. The number of aliphatic imine (C=N–C) groups is 1. The first kappa shape index (κ1) is 28.2. The largest absolute Gasteiger partial charge is 0.350 e. The van der Waals surface area contributed by atoms with Gasteiger partial charge in [-0.3, -0.25) is 5.32 Å². The molecular formula is C45H33N3. The van der Waals surface area contributed by atoms with E-state index < -0.39 is 0 Å². The van der Waals surface area contributed by atoms with Gasteiger partial charge in [0.1, 0.15) is 18.2 Å². The SMILES string of the molecule is c1ccc(C2N=C(c3ccc(-c4c5ccccc5c(-c5ccc6ccccc6c5)c5ccccc45)cc3)NC(c3ccccc3)N2)cc1. The van der Waals surface area contributed by atoms with Gasteiger partial charge in [-0.1, -0.05) is 170 Å². The van der Waals surface area contributed by atoms with Crippen LogP contribution >= 0.6 is 0 Å². The highest BCUT2D eigenvalue weighted by Gasteiger charge is 2.25. The summed E-state index contributed by atoms with van der Waals surface area (Å²) in [7, 11) is 0. The van der Waals surface area contributed by atoms with E-state index in [1.54, 1.807) is 0 Å². The highest BCUT2D eigenvalue weighted by Crippen LogP contribution is 2.44. The van der Waals surface area contributed by atoms with E-state index in [4.69, 9.17) is 4.99 Å². The molecule has 0 saturated heterocycles. The molecule has 1 aliphatic heterocycles. The number of fused-ring (bicyclic) bond motifs is 3. The molecule has 0 saturated carbocycles. The molecule has 2 unspecified atom stereocenters. The number of benzene rings is 8. The summed E-state index contributed by atoms with van der Waals surface area (Å²) in [5.74, 6) is 0.879. The first-order chi connectivity index (χ1) is 23.8. The van der Waals surface area contributed by atoms with Gasteiger partial charge in [0.15, 0.2) is 0 Å². The average Bonchev–Trinajstić information content (AvgIpc) is 3.17. The molecule has 8 aromatic rings. The summed E-state index contributed by atoms with van der Waals surface area (Å²) in [6.45, 7) is 0. The van der Waals surface area contributed by atoms with Gasteiger partial charge >= 0.3 is 0 Å². The normalized spacial score (nSPS) is 16.1. The fourth-order valence-corrected chi connectivity index (χ4v) is 7.22. The molecule has 1 heterocycles. The molecule has 0 aromatic heterocycles.